The minimum atomic E-state index is -0.156. The van der Waals surface area contributed by atoms with E-state index in [1.54, 1.807) is 18.2 Å². The first kappa shape index (κ1) is 18.8. The van der Waals surface area contributed by atoms with Gasteiger partial charge in [-0.25, -0.2) is 9.97 Å². The zero-order valence-corrected chi connectivity index (χ0v) is 15.7. The highest BCUT2D eigenvalue weighted by Gasteiger charge is 2.18. The van der Waals surface area contributed by atoms with Crippen LogP contribution in [0.15, 0.2) is 30.3 Å². The molecular formula is C20H25N5O2. The van der Waals surface area contributed by atoms with Crippen LogP contribution in [0.4, 0.5) is 17.3 Å². The summed E-state index contributed by atoms with van der Waals surface area (Å²) in [6.45, 7) is 3.30. The summed E-state index contributed by atoms with van der Waals surface area (Å²) in [5.74, 6) is 0.0962. The number of hydrogen-bond donors (Lipinski definition) is 3. The van der Waals surface area contributed by atoms with Crippen molar-refractivity contribution in [3.63, 3.8) is 0 Å². The van der Waals surface area contributed by atoms with Crippen LogP contribution < -0.4 is 16.0 Å². The van der Waals surface area contributed by atoms with Gasteiger partial charge in [0.05, 0.1) is 0 Å². The lowest BCUT2D eigenvalue weighted by Crippen LogP contribution is -2.36. The number of anilines is 3. The summed E-state index contributed by atoms with van der Waals surface area (Å²) in [5.41, 5.74) is 2.57. The maximum Gasteiger partial charge on any atom is 0.270 e. The summed E-state index contributed by atoms with van der Waals surface area (Å²) in [4.78, 5) is 32.4. The fraction of sp³-hybridized carbons (Fsp3) is 0.400. The molecule has 0 spiro atoms. The molecular weight excluding hydrogens is 342 g/mol. The Labute approximate surface area is 159 Å². The summed E-state index contributed by atoms with van der Waals surface area (Å²) in [6, 6.07) is 9.15. The van der Waals surface area contributed by atoms with Crippen LogP contribution in [0.2, 0.25) is 0 Å². The number of aryl methyl sites for hydroxylation is 1. The predicted molar refractivity (Wildman–Crippen MR) is 105 cm³/mol. The Morgan fingerprint density at radius 3 is 2.33 bits per heavy atom. The van der Waals surface area contributed by atoms with E-state index in [-0.39, 0.29) is 17.9 Å². The van der Waals surface area contributed by atoms with Crippen molar-refractivity contribution < 1.29 is 9.59 Å². The lowest BCUT2D eigenvalue weighted by molar-refractivity contribution is -0.114. The maximum atomic E-state index is 12.5. The second kappa shape index (κ2) is 8.62. The fourth-order valence-corrected chi connectivity index (χ4v) is 3.22. The first-order valence-corrected chi connectivity index (χ1v) is 9.31. The highest BCUT2D eigenvalue weighted by molar-refractivity contribution is 5.93. The van der Waals surface area contributed by atoms with E-state index in [9.17, 15) is 9.59 Å². The molecule has 3 N–H and O–H groups in total. The van der Waals surface area contributed by atoms with Crippen molar-refractivity contribution in [3.05, 3.63) is 41.7 Å². The number of carbonyl (C=O) groups excluding carboxylic acids is 2. The number of benzene rings is 1. The van der Waals surface area contributed by atoms with Crippen LogP contribution in [0.25, 0.3) is 0 Å². The third-order valence-electron chi connectivity index (χ3n) is 4.49. The Morgan fingerprint density at radius 2 is 1.67 bits per heavy atom. The normalized spacial score (nSPS) is 14.4. The van der Waals surface area contributed by atoms with Gasteiger partial charge < -0.3 is 16.0 Å². The van der Waals surface area contributed by atoms with Gasteiger partial charge in [0.1, 0.15) is 5.69 Å². The molecule has 2 amide bonds. The quantitative estimate of drug-likeness (QED) is 0.751. The lowest BCUT2D eigenvalue weighted by atomic mass is 9.95. The molecule has 1 fully saturated rings. The van der Waals surface area contributed by atoms with Gasteiger partial charge in [-0.2, -0.15) is 0 Å². The van der Waals surface area contributed by atoms with Crippen molar-refractivity contribution in [1.82, 2.24) is 15.3 Å². The summed E-state index contributed by atoms with van der Waals surface area (Å²) in [6.07, 6.45) is 5.63. The third kappa shape index (κ3) is 5.51. The second-order valence-corrected chi connectivity index (χ2v) is 6.91. The maximum absolute atomic E-state index is 12.5. The van der Waals surface area contributed by atoms with Crippen molar-refractivity contribution in [3.8, 4) is 0 Å². The molecule has 0 bridgehead atoms. The molecule has 0 saturated heterocycles. The van der Waals surface area contributed by atoms with Gasteiger partial charge in [-0.3, -0.25) is 9.59 Å². The van der Waals surface area contributed by atoms with Crippen molar-refractivity contribution in [1.29, 1.82) is 0 Å². The van der Waals surface area contributed by atoms with E-state index in [1.807, 2.05) is 19.1 Å². The first-order valence-electron chi connectivity index (χ1n) is 9.31. The topological polar surface area (TPSA) is 96.0 Å². The number of hydrogen-bond acceptors (Lipinski definition) is 5. The predicted octanol–water partition coefficient (Wildman–Crippen LogP) is 3.55. The number of aromatic nitrogens is 2. The van der Waals surface area contributed by atoms with Crippen LogP contribution in [-0.4, -0.2) is 27.8 Å². The summed E-state index contributed by atoms with van der Waals surface area (Å²) < 4.78 is 0. The number of nitrogens with one attached hydrogen (secondary N) is 3. The van der Waals surface area contributed by atoms with Crippen molar-refractivity contribution in [2.24, 2.45) is 0 Å². The number of carbonyl (C=O) groups is 2. The fourth-order valence-electron chi connectivity index (χ4n) is 3.22. The highest BCUT2D eigenvalue weighted by Crippen LogP contribution is 2.19. The third-order valence-corrected chi connectivity index (χ3v) is 4.49. The van der Waals surface area contributed by atoms with Crippen LogP contribution >= 0.6 is 0 Å². The molecule has 0 aliphatic heterocycles. The largest absolute Gasteiger partial charge is 0.348 e. The van der Waals surface area contributed by atoms with Gasteiger partial charge in [-0.05, 0) is 50.1 Å². The Kier molecular flexibility index (Phi) is 6.01. The Hall–Kier alpha value is -2.96. The van der Waals surface area contributed by atoms with Gasteiger partial charge in [0.15, 0.2) is 0 Å². The minimum absolute atomic E-state index is 0.119. The Balaban J connectivity index is 1.69. The smallest absolute Gasteiger partial charge is 0.270 e. The average molecular weight is 367 g/mol. The van der Waals surface area contributed by atoms with Crippen molar-refractivity contribution in [2.45, 2.75) is 52.0 Å². The van der Waals surface area contributed by atoms with Crippen LogP contribution in [-0.2, 0) is 4.79 Å². The molecule has 0 atom stereocenters. The number of amides is 2. The van der Waals surface area contributed by atoms with E-state index >= 15 is 0 Å². The molecule has 3 rings (SSSR count). The van der Waals surface area contributed by atoms with Crippen molar-refractivity contribution in [2.75, 3.05) is 10.6 Å². The van der Waals surface area contributed by atoms with E-state index < -0.39 is 0 Å². The number of rotatable bonds is 5. The van der Waals surface area contributed by atoms with Crippen LogP contribution in [0.3, 0.4) is 0 Å². The molecule has 142 valence electrons. The molecule has 1 heterocycles. The molecule has 2 aromatic rings. The van der Waals surface area contributed by atoms with Gasteiger partial charge >= 0.3 is 0 Å². The van der Waals surface area contributed by atoms with Gasteiger partial charge in [-0.15, -0.1) is 0 Å². The standard InChI is InChI=1S/C20H25N5O2/c1-13-12-18(19(27)23-15-6-4-3-5-7-15)25-20(21-13)24-17-10-8-16(9-11-17)22-14(2)26/h8-12,15H,3-7H2,1-2H3,(H,22,26)(H,23,27)(H,21,24,25). The average Bonchev–Trinajstić information content (AvgIpc) is 2.63. The summed E-state index contributed by atoms with van der Waals surface area (Å²) in [5, 5.41) is 8.91. The Bertz CT molecular complexity index is 814. The molecule has 0 radical (unpaired) electrons. The molecule has 1 aliphatic carbocycles. The molecule has 7 nitrogen and oxygen atoms in total. The van der Waals surface area contributed by atoms with Gasteiger partial charge in [-0.1, -0.05) is 19.3 Å². The molecule has 7 heteroatoms. The monoisotopic (exact) mass is 367 g/mol. The molecule has 27 heavy (non-hydrogen) atoms. The van der Waals surface area contributed by atoms with E-state index in [0.29, 0.717) is 17.3 Å². The van der Waals surface area contributed by atoms with Gasteiger partial charge in [0.25, 0.3) is 5.91 Å². The zero-order valence-electron chi connectivity index (χ0n) is 15.7. The first-order chi connectivity index (χ1) is 13.0. The second-order valence-electron chi connectivity index (χ2n) is 6.91. The highest BCUT2D eigenvalue weighted by atomic mass is 16.2. The van der Waals surface area contributed by atoms with Crippen LogP contribution in [0, 0.1) is 6.92 Å². The SMILES string of the molecule is CC(=O)Nc1ccc(Nc2nc(C)cc(C(=O)NC3CCCCC3)n2)cc1. The van der Waals surface area contributed by atoms with E-state index in [2.05, 4.69) is 25.9 Å². The van der Waals surface area contributed by atoms with Gasteiger partial charge in [0.2, 0.25) is 11.9 Å². The van der Waals surface area contributed by atoms with Crippen molar-refractivity contribution >= 4 is 29.1 Å². The van der Waals surface area contributed by atoms with Gasteiger partial charge in [0, 0.05) is 30.0 Å². The minimum Gasteiger partial charge on any atom is -0.348 e. The summed E-state index contributed by atoms with van der Waals surface area (Å²) >= 11 is 0. The molecule has 1 aromatic heterocycles. The zero-order chi connectivity index (χ0) is 19.2. The molecule has 0 unspecified atom stereocenters. The van der Waals surface area contributed by atoms with Crippen LogP contribution in [0.1, 0.15) is 55.2 Å². The van der Waals surface area contributed by atoms with E-state index in [0.717, 1.165) is 37.1 Å². The summed E-state index contributed by atoms with van der Waals surface area (Å²) in [7, 11) is 0. The number of nitrogens with zero attached hydrogens (tertiary/aromatic N) is 2. The Morgan fingerprint density at radius 1 is 1.00 bits per heavy atom. The van der Waals surface area contributed by atoms with E-state index in [4.69, 9.17) is 0 Å². The molecule has 1 saturated carbocycles. The lowest BCUT2D eigenvalue weighted by Gasteiger charge is -2.22. The molecule has 1 aromatic carbocycles. The molecule has 1 aliphatic rings. The van der Waals surface area contributed by atoms with Crippen LogP contribution in [0.5, 0.6) is 0 Å². The van der Waals surface area contributed by atoms with E-state index in [1.165, 1.54) is 13.3 Å².